The summed E-state index contributed by atoms with van der Waals surface area (Å²) in [5.41, 5.74) is 1.92. The van der Waals surface area contributed by atoms with Gasteiger partial charge in [0.25, 0.3) is 0 Å². The monoisotopic (exact) mass is 348 g/mol. The lowest BCUT2D eigenvalue weighted by atomic mass is 10.2. The summed E-state index contributed by atoms with van der Waals surface area (Å²) in [5.74, 6) is 0.860. The van der Waals surface area contributed by atoms with Crippen molar-refractivity contribution in [1.29, 1.82) is 0 Å². The maximum Gasteiger partial charge on any atom is 0.224 e. The average molecular weight is 348 g/mol. The highest BCUT2D eigenvalue weighted by atomic mass is 16.5. The maximum absolute atomic E-state index is 11.6. The molecule has 3 N–H and O–H groups in total. The van der Waals surface area contributed by atoms with Crippen LogP contribution in [0.5, 0.6) is 0 Å². The highest BCUT2D eigenvalue weighted by Gasteiger charge is 2.01. The minimum Gasteiger partial charge on any atom is -0.382 e. The fourth-order valence-electron chi connectivity index (χ4n) is 2.18. The summed E-state index contributed by atoms with van der Waals surface area (Å²) in [5, 5.41) is 9.43. The van der Waals surface area contributed by atoms with Gasteiger partial charge in [-0.15, -0.1) is 0 Å². The van der Waals surface area contributed by atoms with Gasteiger partial charge in [-0.1, -0.05) is 19.1 Å². The molecular formula is C19H32N4O2. The van der Waals surface area contributed by atoms with E-state index in [-0.39, 0.29) is 5.91 Å². The van der Waals surface area contributed by atoms with Crippen LogP contribution in [0.2, 0.25) is 0 Å². The van der Waals surface area contributed by atoms with E-state index in [0.717, 1.165) is 56.4 Å². The summed E-state index contributed by atoms with van der Waals surface area (Å²) in [6, 6.07) is 7.81. The van der Waals surface area contributed by atoms with Crippen LogP contribution in [0.4, 0.5) is 5.69 Å². The molecule has 1 aromatic carbocycles. The number of hydrogen-bond donors (Lipinski definition) is 3. The number of guanidine groups is 1. The Morgan fingerprint density at radius 1 is 1.12 bits per heavy atom. The van der Waals surface area contributed by atoms with E-state index in [1.807, 2.05) is 45.0 Å². The number of aliphatic imine (C=N–C) groups is 1. The van der Waals surface area contributed by atoms with E-state index in [4.69, 9.17) is 4.74 Å². The van der Waals surface area contributed by atoms with Gasteiger partial charge in [-0.05, 0) is 44.4 Å². The first kappa shape index (κ1) is 21.0. The van der Waals surface area contributed by atoms with Crippen molar-refractivity contribution >= 4 is 17.6 Å². The second-order valence-corrected chi connectivity index (χ2v) is 5.67. The molecule has 0 aliphatic carbocycles. The van der Waals surface area contributed by atoms with E-state index in [2.05, 4.69) is 20.9 Å². The third kappa shape index (κ3) is 9.72. The normalized spacial score (nSPS) is 11.2. The first-order valence-corrected chi connectivity index (χ1v) is 9.18. The van der Waals surface area contributed by atoms with Crippen LogP contribution < -0.4 is 16.0 Å². The molecule has 25 heavy (non-hydrogen) atoms. The van der Waals surface area contributed by atoms with Gasteiger partial charge in [-0.3, -0.25) is 4.79 Å². The largest absolute Gasteiger partial charge is 0.382 e. The zero-order valence-corrected chi connectivity index (χ0v) is 15.7. The first-order chi connectivity index (χ1) is 12.2. The van der Waals surface area contributed by atoms with Gasteiger partial charge in [0.1, 0.15) is 0 Å². The Morgan fingerprint density at radius 3 is 2.52 bits per heavy atom. The maximum atomic E-state index is 11.6. The summed E-state index contributed by atoms with van der Waals surface area (Å²) in [7, 11) is 0. The van der Waals surface area contributed by atoms with Crippen LogP contribution in [0.1, 0.15) is 45.6 Å². The van der Waals surface area contributed by atoms with Crippen molar-refractivity contribution < 1.29 is 9.53 Å². The zero-order valence-electron chi connectivity index (χ0n) is 15.7. The summed E-state index contributed by atoms with van der Waals surface area (Å²) < 4.78 is 5.33. The van der Waals surface area contributed by atoms with Crippen LogP contribution in [0.15, 0.2) is 29.3 Å². The van der Waals surface area contributed by atoms with E-state index >= 15 is 0 Å². The van der Waals surface area contributed by atoms with Gasteiger partial charge in [0.2, 0.25) is 5.91 Å². The van der Waals surface area contributed by atoms with E-state index in [1.165, 1.54) is 0 Å². The fourth-order valence-corrected chi connectivity index (χ4v) is 2.18. The fraction of sp³-hybridized carbons (Fsp3) is 0.579. The number of benzene rings is 1. The molecule has 0 saturated heterocycles. The van der Waals surface area contributed by atoms with Gasteiger partial charge >= 0.3 is 0 Å². The zero-order chi connectivity index (χ0) is 18.3. The quantitative estimate of drug-likeness (QED) is 0.326. The number of ether oxygens (including phenoxy) is 1. The van der Waals surface area contributed by atoms with Gasteiger partial charge in [0.15, 0.2) is 5.96 Å². The van der Waals surface area contributed by atoms with Crippen molar-refractivity contribution in [2.24, 2.45) is 4.99 Å². The number of amides is 1. The average Bonchev–Trinajstić information content (AvgIpc) is 2.61. The summed E-state index contributed by atoms with van der Waals surface area (Å²) in [4.78, 5) is 16.2. The van der Waals surface area contributed by atoms with E-state index in [0.29, 0.717) is 13.0 Å². The van der Waals surface area contributed by atoms with Crippen molar-refractivity contribution in [2.75, 3.05) is 31.6 Å². The van der Waals surface area contributed by atoms with Crippen LogP contribution in [0.3, 0.4) is 0 Å². The molecule has 0 aromatic heterocycles. The van der Waals surface area contributed by atoms with Crippen LogP contribution in [-0.2, 0) is 16.1 Å². The molecule has 0 radical (unpaired) electrons. The Labute approximate surface area is 151 Å². The molecule has 0 aliphatic heterocycles. The van der Waals surface area contributed by atoms with Crippen LogP contribution >= 0.6 is 0 Å². The molecule has 1 rings (SSSR count). The third-order valence-electron chi connectivity index (χ3n) is 3.44. The highest BCUT2D eigenvalue weighted by molar-refractivity contribution is 5.90. The first-order valence-electron chi connectivity index (χ1n) is 9.18. The standard InChI is InChI=1S/C19H32N4O2/c1-4-8-18(24)23-17-11-9-16(10-12-17)15-22-19(20-5-2)21-13-7-14-25-6-3/h9-12H,4-8,13-15H2,1-3H3,(H,23,24)(H2,20,21,22). The number of carbonyl (C=O) groups excluding carboxylic acids is 1. The van der Waals surface area contributed by atoms with Crippen LogP contribution in [0.25, 0.3) is 0 Å². The molecule has 0 unspecified atom stereocenters. The van der Waals surface area contributed by atoms with Crippen LogP contribution in [0, 0.1) is 0 Å². The predicted octanol–water partition coefficient (Wildman–Crippen LogP) is 2.91. The minimum atomic E-state index is 0.0546. The van der Waals surface area contributed by atoms with Crippen molar-refractivity contribution in [2.45, 2.75) is 46.6 Å². The summed E-state index contributed by atoms with van der Waals surface area (Å²) in [6.07, 6.45) is 2.35. The number of carbonyl (C=O) groups is 1. The lowest BCUT2D eigenvalue weighted by Crippen LogP contribution is -2.38. The molecule has 1 amide bonds. The van der Waals surface area contributed by atoms with Gasteiger partial charge < -0.3 is 20.7 Å². The van der Waals surface area contributed by atoms with Gasteiger partial charge in [-0.25, -0.2) is 4.99 Å². The van der Waals surface area contributed by atoms with Crippen molar-refractivity contribution in [3.63, 3.8) is 0 Å². The number of rotatable bonds is 11. The number of hydrogen-bond acceptors (Lipinski definition) is 3. The molecule has 6 nitrogen and oxygen atoms in total. The van der Waals surface area contributed by atoms with Crippen molar-refractivity contribution in [1.82, 2.24) is 10.6 Å². The molecule has 0 saturated carbocycles. The lowest BCUT2D eigenvalue weighted by Gasteiger charge is -2.11. The number of anilines is 1. The Hall–Kier alpha value is -2.08. The summed E-state index contributed by atoms with van der Waals surface area (Å²) in [6.45, 7) is 9.78. The molecule has 140 valence electrons. The molecule has 0 heterocycles. The Bertz CT molecular complexity index is 515. The second-order valence-electron chi connectivity index (χ2n) is 5.67. The number of nitrogens with one attached hydrogen (secondary N) is 3. The molecule has 0 spiro atoms. The molecule has 1 aromatic rings. The third-order valence-corrected chi connectivity index (χ3v) is 3.44. The Morgan fingerprint density at radius 2 is 1.88 bits per heavy atom. The Balaban J connectivity index is 2.47. The van der Waals surface area contributed by atoms with Gasteiger partial charge in [0.05, 0.1) is 6.54 Å². The van der Waals surface area contributed by atoms with E-state index < -0.39 is 0 Å². The molecule has 0 atom stereocenters. The number of nitrogens with zero attached hydrogens (tertiary/aromatic N) is 1. The smallest absolute Gasteiger partial charge is 0.224 e. The van der Waals surface area contributed by atoms with Crippen molar-refractivity contribution in [3.05, 3.63) is 29.8 Å². The molecular weight excluding hydrogens is 316 g/mol. The molecule has 0 aliphatic rings. The molecule has 0 bridgehead atoms. The molecule has 6 heteroatoms. The van der Waals surface area contributed by atoms with Crippen LogP contribution in [-0.4, -0.2) is 38.2 Å². The Kier molecular flexibility index (Phi) is 11.1. The topological polar surface area (TPSA) is 74.8 Å². The minimum absolute atomic E-state index is 0.0546. The lowest BCUT2D eigenvalue weighted by molar-refractivity contribution is -0.116. The molecule has 0 fully saturated rings. The van der Waals surface area contributed by atoms with E-state index in [1.54, 1.807) is 0 Å². The van der Waals surface area contributed by atoms with Crippen molar-refractivity contribution in [3.8, 4) is 0 Å². The second kappa shape index (κ2) is 13.2. The SMILES string of the molecule is CCCC(=O)Nc1ccc(CN=C(NCC)NCCCOCC)cc1. The summed E-state index contributed by atoms with van der Waals surface area (Å²) >= 11 is 0. The van der Waals surface area contributed by atoms with Gasteiger partial charge in [0, 0.05) is 38.4 Å². The highest BCUT2D eigenvalue weighted by Crippen LogP contribution is 2.11. The predicted molar refractivity (Wildman–Crippen MR) is 104 cm³/mol. The van der Waals surface area contributed by atoms with E-state index in [9.17, 15) is 4.79 Å². The van der Waals surface area contributed by atoms with Gasteiger partial charge in [-0.2, -0.15) is 0 Å².